The van der Waals surface area contributed by atoms with Crippen molar-refractivity contribution in [3.8, 4) is 0 Å². The van der Waals surface area contributed by atoms with Crippen LogP contribution >= 0.6 is 11.6 Å². The Morgan fingerprint density at radius 1 is 1.12 bits per heavy atom. The van der Waals surface area contributed by atoms with Crippen LogP contribution in [0.15, 0.2) is 61.3 Å². The second-order valence-electron chi connectivity index (χ2n) is 11.0. The minimum Gasteiger partial charge on any atom is -0.353 e. The highest BCUT2D eigenvalue weighted by molar-refractivity contribution is 6.79. The van der Waals surface area contributed by atoms with Crippen molar-refractivity contribution in [2.45, 2.75) is 45.2 Å². The van der Waals surface area contributed by atoms with Crippen molar-refractivity contribution in [3.63, 3.8) is 0 Å². The maximum absolute atomic E-state index is 14.3. The molecule has 12 heteroatoms. The van der Waals surface area contributed by atoms with Crippen molar-refractivity contribution < 1.29 is 18.8 Å². The molecule has 0 spiro atoms. The largest absolute Gasteiger partial charge is 0.353 e. The lowest BCUT2D eigenvalue weighted by atomic mass is 10.1. The quantitative estimate of drug-likeness (QED) is 0.221. The van der Waals surface area contributed by atoms with Crippen LogP contribution in [-0.2, 0) is 22.7 Å². The van der Waals surface area contributed by atoms with Gasteiger partial charge < -0.3 is 20.1 Å². The van der Waals surface area contributed by atoms with Crippen LogP contribution in [0.1, 0.15) is 22.8 Å². The average Bonchev–Trinajstić information content (AvgIpc) is 3.46. The number of nitrogens with one attached hydrogen (secondary N) is 2. The molecule has 5 rings (SSSR count). The Bertz CT molecular complexity index is 1640. The van der Waals surface area contributed by atoms with E-state index in [4.69, 9.17) is 11.6 Å². The number of anilines is 2. The Kier molecular flexibility index (Phi) is 7.92. The van der Waals surface area contributed by atoms with Gasteiger partial charge in [0, 0.05) is 46.6 Å². The number of carbonyl (C=O) groups excluding carboxylic acids is 3. The Balaban J connectivity index is 1.36. The molecule has 1 atom stereocenters. The Hall–Kier alpha value is -4.09. The highest BCUT2D eigenvalue weighted by Crippen LogP contribution is 2.30. The number of amides is 2. The molecule has 0 bridgehead atoms. The predicted molar refractivity (Wildman–Crippen MR) is 158 cm³/mol. The summed E-state index contributed by atoms with van der Waals surface area (Å²) in [5, 5.41) is 6.72. The Morgan fingerprint density at radius 2 is 1.88 bits per heavy atom. The monoisotopic (exact) mass is 592 g/mol. The molecular weight excluding hydrogens is 563 g/mol. The first-order valence-corrected chi connectivity index (χ1v) is 17.0. The Morgan fingerprint density at radius 3 is 2.61 bits per heavy atom. The van der Waals surface area contributed by atoms with E-state index < -0.39 is 19.9 Å². The number of nitrogens with zero attached hydrogens (tertiary/aromatic N) is 4. The number of hydrogen-bond acceptors (Lipinski definition) is 6. The fraction of sp³-hybridized carbons (Fsp3) is 0.276. The average molecular weight is 593 g/mol. The van der Waals surface area contributed by atoms with E-state index >= 15 is 0 Å². The topological polar surface area (TPSA) is 109 Å². The van der Waals surface area contributed by atoms with Gasteiger partial charge in [-0.25, -0.2) is 14.4 Å². The highest BCUT2D eigenvalue weighted by atomic mass is 35.5. The zero-order valence-electron chi connectivity index (χ0n) is 22.9. The fourth-order valence-corrected chi connectivity index (χ4v) is 8.40. The van der Waals surface area contributed by atoms with Crippen LogP contribution in [0.5, 0.6) is 0 Å². The Labute approximate surface area is 242 Å². The van der Waals surface area contributed by atoms with E-state index in [0.717, 1.165) is 11.2 Å². The number of Topliss-reactive ketones (excluding diaryl/α,β-unsaturated/α-hetero) is 1. The van der Waals surface area contributed by atoms with Gasteiger partial charge in [-0.1, -0.05) is 36.8 Å². The van der Waals surface area contributed by atoms with Crippen LogP contribution in [0.4, 0.5) is 15.8 Å². The summed E-state index contributed by atoms with van der Waals surface area (Å²) in [6.45, 7) is 5.72. The summed E-state index contributed by atoms with van der Waals surface area (Å²) in [4.78, 5) is 49.1. The number of halogens is 2. The first kappa shape index (κ1) is 28.4. The van der Waals surface area contributed by atoms with Gasteiger partial charge in [0.2, 0.25) is 11.8 Å². The molecule has 212 valence electrons. The van der Waals surface area contributed by atoms with Crippen LogP contribution in [0, 0.1) is 5.82 Å². The minimum atomic E-state index is -1.88. The summed E-state index contributed by atoms with van der Waals surface area (Å²) in [6.07, 6.45) is 6.95. The zero-order valence-corrected chi connectivity index (χ0v) is 24.7. The van der Waals surface area contributed by atoms with Crippen LogP contribution < -0.4 is 10.6 Å². The molecular formula is C29H30ClFN6O3Si. The number of benzene rings is 2. The molecule has 1 fully saturated rings. The van der Waals surface area contributed by atoms with Crippen molar-refractivity contribution in [1.29, 1.82) is 0 Å². The third kappa shape index (κ3) is 6.15. The van der Waals surface area contributed by atoms with E-state index in [1.165, 1.54) is 19.3 Å². The SMILES string of the molecule is CC(=O)c1cn(CC(=O)N2C[Si](C)(C)CC2C(=O)NCc2cccc(Cl)c2F)c2ccc(Nc3cncnc3)cc12. The van der Waals surface area contributed by atoms with Crippen LogP contribution in [0.25, 0.3) is 10.9 Å². The van der Waals surface area contributed by atoms with Crippen LogP contribution in [-0.4, -0.2) is 57.3 Å². The van der Waals surface area contributed by atoms with Crippen LogP contribution in [0.2, 0.25) is 24.2 Å². The first-order valence-electron chi connectivity index (χ1n) is 13.2. The smallest absolute Gasteiger partial charge is 0.242 e. The standard InChI is InChI=1S/C29H30ClFN6O3Si/c1-18(38)23-13-36(25-8-7-20(9-22(23)25)35-21-11-32-16-33-12-21)14-27(39)37-17-41(2,3)15-26(37)29(40)34-10-19-5-4-6-24(30)28(19)31/h4-9,11-13,16,26,35H,10,14-15,17H2,1-3H3,(H,34,40). The molecule has 1 saturated heterocycles. The first-order chi connectivity index (χ1) is 19.5. The van der Waals surface area contributed by atoms with E-state index in [2.05, 4.69) is 33.7 Å². The molecule has 41 heavy (non-hydrogen) atoms. The fourth-order valence-electron chi connectivity index (χ4n) is 5.30. The second-order valence-corrected chi connectivity index (χ2v) is 16.5. The van der Waals surface area contributed by atoms with Crippen LogP contribution in [0.3, 0.4) is 0 Å². The molecule has 2 aromatic heterocycles. The lowest BCUT2D eigenvalue weighted by Crippen LogP contribution is -2.46. The summed E-state index contributed by atoms with van der Waals surface area (Å²) in [7, 11) is -1.88. The maximum Gasteiger partial charge on any atom is 0.242 e. The van der Waals surface area contributed by atoms with Gasteiger partial charge in [-0.05, 0) is 37.2 Å². The number of rotatable bonds is 8. The molecule has 1 aliphatic rings. The van der Waals surface area contributed by atoms with Gasteiger partial charge in [0.05, 0.1) is 31.2 Å². The number of aromatic nitrogens is 3. The van der Waals surface area contributed by atoms with Crippen molar-refractivity contribution in [2.75, 3.05) is 11.5 Å². The van der Waals surface area contributed by atoms with Gasteiger partial charge >= 0.3 is 0 Å². The third-order valence-corrected chi connectivity index (χ3v) is 10.2. The van der Waals surface area contributed by atoms with Crippen molar-refractivity contribution in [3.05, 3.63) is 83.3 Å². The van der Waals surface area contributed by atoms with E-state index in [1.807, 2.05) is 18.2 Å². The van der Waals surface area contributed by atoms with Gasteiger partial charge in [-0.2, -0.15) is 0 Å². The molecule has 0 aliphatic carbocycles. The number of fused-ring (bicyclic) bond motifs is 1. The van der Waals surface area contributed by atoms with Gasteiger partial charge in [0.15, 0.2) is 5.78 Å². The van der Waals surface area contributed by atoms with E-state index in [0.29, 0.717) is 28.8 Å². The molecule has 2 aromatic carbocycles. The lowest BCUT2D eigenvalue weighted by Gasteiger charge is -2.25. The number of carbonyl (C=O) groups is 3. The summed E-state index contributed by atoms with van der Waals surface area (Å²) in [5.41, 5.74) is 2.96. The molecule has 1 unspecified atom stereocenters. The van der Waals surface area contributed by atoms with Gasteiger partial charge in [0.25, 0.3) is 0 Å². The maximum atomic E-state index is 14.3. The van der Waals surface area contributed by atoms with E-state index in [9.17, 15) is 18.8 Å². The summed E-state index contributed by atoms with van der Waals surface area (Å²) in [5.74, 6) is -1.23. The molecule has 9 nitrogen and oxygen atoms in total. The molecule has 2 N–H and O–H groups in total. The molecule has 0 saturated carbocycles. The molecule has 2 amide bonds. The highest BCUT2D eigenvalue weighted by Gasteiger charge is 2.44. The molecule has 4 aromatic rings. The lowest BCUT2D eigenvalue weighted by molar-refractivity contribution is -0.138. The van der Waals surface area contributed by atoms with Crippen molar-refractivity contribution in [2.24, 2.45) is 0 Å². The minimum absolute atomic E-state index is 0.0103. The summed E-state index contributed by atoms with van der Waals surface area (Å²) < 4.78 is 16.1. The van der Waals surface area contributed by atoms with Crippen molar-refractivity contribution >= 4 is 59.6 Å². The summed E-state index contributed by atoms with van der Waals surface area (Å²) >= 11 is 5.88. The van der Waals surface area contributed by atoms with Gasteiger partial charge in [-0.3, -0.25) is 14.4 Å². The summed E-state index contributed by atoms with van der Waals surface area (Å²) in [6, 6.07) is 10.2. The molecule has 0 radical (unpaired) electrons. The third-order valence-electron chi connectivity index (χ3n) is 7.24. The number of ketones is 1. The van der Waals surface area contributed by atoms with Gasteiger partial charge in [-0.15, -0.1) is 0 Å². The van der Waals surface area contributed by atoms with Gasteiger partial charge in [0.1, 0.15) is 24.7 Å². The predicted octanol–water partition coefficient (Wildman–Crippen LogP) is 4.94. The molecule has 3 heterocycles. The second kappa shape index (κ2) is 11.4. The van der Waals surface area contributed by atoms with E-state index in [1.54, 1.807) is 40.2 Å². The van der Waals surface area contributed by atoms with Crippen molar-refractivity contribution in [1.82, 2.24) is 24.8 Å². The number of hydrogen-bond donors (Lipinski definition) is 2. The van der Waals surface area contributed by atoms with E-state index in [-0.39, 0.29) is 41.3 Å². The normalized spacial score (nSPS) is 16.1. The molecule has 1 aliphatic heterocycles. The zero-order chi connectivity index (χ0) is 29.3.